The second-order valence-corrected chi connectivity index (χ2v) is 5.13. The third-order valence-electron chi connectivity index (χ3n) is 3.57. The van der Waals surface area contributed by atoms with E-state index in [1.807, 2.05) is 0 Å². The molecule has 0 aliphatic rings. The van der Waals surface area contributed by atoms with Crippen molar-refractivity contribution in [3.63, 3.8) is 0 Å². The maximum Gasteiger partial charge on any atom is 0.0713 e. The van der Waals surface area contributed by atoms with Gasteiger partial charge in [0.2, 0.25) is 0 Å². The van der Waals surface area contributed by atoms with Gasteiger partial charge in [-0.2, -0.15) is 0 Å². The van der Waals surface area contributed by atoms with Gasteiger partial charge in [-0.3, -0.25) is 0 Å². The highest BCUT2D eigenvalue weighted by Crippen LogP contribution is 2.23. The molecule has 0 fully saturated rings. The Bertz CT molecular complexity index is 731. The number of benzene rings is 3. The molecule has 0 spiro atoms. The predicted molar refractivity (Wildman–Crippen MR) is 88.4 cm³/mol. The first-order valence-corrected chi connectivity index (χ1v) is 7.15. The minimum absolute atomic E-state index is 0.655. The largest absolute Gasteiger partial charge is 0.380 e. The Morgan fingerprint density at radius 1 is 0.857 bits per heavy atom. The van der Waals surface area contributed by atoms with E-state index in [9.17, 15) is 0 Å². The summed E-state index contributed by atoms with van der Waals surface area (Å²) >= 11 is 0. The molecule has 0 aromatic heterocycles. The maximum atomic E-state index is 5.18. The van der Waals surface area contributed by atoms with Crippen molar-refractivity contribution in [1.29, 1.82) is 0 Å². The molecule has 3 aromatic rings. The average molecular weight is 277 g/mol. The summed E-state index contributed by atoms with van der Waals surface area (Å²) < 4.78 is 5.18. The maximum absolute atomic E-state index is 5.18. The SMILES string of the molecule is COCc1cccc(CNc2cccc3ccccc23)c1. The van der Waals surface area contributed by atoms with Crippen LogP contribution in [0.5, 0.6) is 0 Å². The van der Waals surface area contributed by atoms with Crippen molar-refractivity contribution >= 4 is 16.5 Å². The molecule has 0 unspecified atom stereocenters. The van der Waals surface area contributed by atoms with Gasteiger partial charge in [-0.25, -0.2) is 0 Å². The van der Waals surface area contributed by atoms with Crippen molar-refractivity contribution < 1.29 is 4.74 Å². The van der Waals surface area contributed by atoms with Crippen molar-refractivity contribution in [2.24, 2.45) is 0 Å². The Labute approximate surface area is 125 Å². The molecule has 0 heterocycles. The van der Waals surface area contributed by atoms with E-state index >= 15 is 0 Å². The first-order valence-electron chi connectivity index (χ1n) is 7.15. The fourth-order valence-electron chi connectivity index (χ4n) is 2.57. The van der Waals surface area contributed by atoms with Gasteiger partial charge in [0.15, 0.2) is 0 Å². The summed E-state index contributed by atoms with van der Waals surface area (Å²) in [7, 11) is 1.72. The molecule has 0 aliphatic heterocycles. The van der Waals surface area contributed by atoms with Crippen molar-refractivity contribution in [3.8, 4) is 0 Å². The molecule has 0 aliphatic carbocycles. The molecule has 0 saturated carbocycles. The Morgan fingerprint density at radius 2 is 1.62 bits per heavy atom. The second-order valence-electron chi connectivity index (χ2n) is 5.13. The molecule has 3 aromatic carbocycles. The van der Waals surface area contributed by atoms with Crippen molar-refractivity contribution in [3.05, 3.63) is 77.9 Å². The van der Waals surface area contributed by atoms with Crippen LogP contribution in [0.3, 0.4) is 0 Å². The quantitative estimate of drug-likeness (QED) is 0.736. The van der Waals surface area contributed by atoms with Crippen LogP contribution in [0.25, 0.3) is 10.8 Å². The molecule has 2 heteroatoms. The summed E-state index contributed by atoms with van der Waals surface area (Å²) in [6.45, 7) is 1.47. The normalized spacial score (nSPS) is 10.7. The molecule has 0 radical (unpaired) electrons. The summed E-state index contributed by atoms with van der Waals surface area (Å²) in [6, 6.07) is 23.3. The van der Waals surface area contributed by atoms with Gasteiger partial charge in [-0.05, 0) is 22.6 Å². The lowest BCUT2D eigenvalue weighted by Crippen LogP contribution is -2.00. The van der Waals surface area contributed by atoms with Crippen LogP contribution in [0.15, 0.2) is 66.7 Å². The van der Waals surface area contributed by atoms with E-state index in [2.05, 4.69) is 72.0 Å². The molecule has 106 valence electrons. The minimum Gasteiger partial charge on any atom is -0.380 e. The topological polar surface area (TPSA) is 21.3 Å². The highest BCUT2D eigenvalue weighted by Gasteiger charge is 2.00. The van der Waals surface area contributed by atoms with Gasteiger partial charge in [0.05, 0.1) is 6.61 Å². The fraction of sp³-hybridized carbons (Fsp3) is 0.158. The summed E-state index contributed by atoms with van der Waals surface area (Å²) in [5.74, 6) is 0. The van der Waals surface area contributed by atoms with Crippen LogP contribution >= 0.6 is 0 Å². The lowest BCUT2D eigenvalue weighted by Gasteiger charge is -2.11. The van der Waals surface area contributed by atoms with Crippen LogP contribution in [-0.4, -0.2) is 7.11 Å². The monoisotopic (exact) mass is 277 g/mol. The average Bonchev–Trinajstić information content (AvgIpc) is 2.53. The van der Waals surface area contributed by atoms with Crippen LogP contribution in [0.4, 0.5) is 5.69 Å². The van der Waals surface area contributed by atoms with Gasteiger partial charge in [0, 0.05) is 24.7 Å². The van der Waals surface area contributed by atoms with Crippen LogP contribution in [0.1, 0.15) is 11.1 Å². The summed E-state index contributed by atoms with van der Waals surface area (Å²) in [4.78, 5) is 0. The fourth-order valence-corrected chi connectivity index (χ4v) is 2.57. The lowest BCUT2D eigenvalue weighted by molar-refractivity contribution is 0.185. The van der Waals surface area contributed by atoms with Crippen LogP contribution < -0.4 is 5.32 Å². The highest BCUT2D eigenvalue weighted by molar-refractivity contribution is 5.93. The first-order chi connectivity index (χ1) is 10.4. The van der Waals surface area contributed by atoms with Crippen LogP contribution in [-0.2, 0) is 17.9 Å². The number of hydrogen-bond acceptors (Lipinski definition) is 2. The Hall–Kier alpha value is -2.32. The predicted octanol–water partition coefficient (Wildman–Crippen LogP) is 4.60. The lowest BCUT2D eigenvalue weighted by atomic mass is 10.1. The molecule has 3 rings (SSSR count). The Balaban J connectivity index is 1.79. The van der Waals surface area contributed by atoms with E-state index in [-0.39, 0.29) is 0 Å². The van der Waals surface area contributed by atoms with Gasteiger partial charge in [0.1, 0.15) is 0 Å². The number of fused-ring (bicyclic) bond motifs is 1. The molecule has 0 bridgehead atoms. The van der Waals surface area contributed by atoms with E-state index in [1.54, 1.807) is 7.11 Å². The Kier molecular flexibility index (Phi) is 4.17. The number of nitrogens with one attached hydrogen (secondary N) is 1. The molecule has 1 N–H and O–H groups in total. The van der Waals surface area contributed by atoms with E-state index in [0.717, 1.165) is 6.54 Å². The number of rotatable bonds is 5. The minimum atomic E-state index is 0.655. The van der Waals surface area contributed by atoms with E-state index in [4.69, 9.17) is 4.74 Å². The standard InChI is InChI=1S/C19H19NO/c1-21-14-16-7-4-6-15(12-16)13-20-19-11-5-9-17-8-2-3-10-18(17)19/h2-12,20H,13-14H2,1H3. The number of anilines is 1. The Morgan fingerprint density at radius 3 is 2.52 bits per heavy atom. The third kappa shape index (κ3) is 3.23. The van der Waals surface area contributed by atoms with Crippen LogP contribution in [0.2, 0.25) is 0 Å². The molecule has 0 saturated heterocycles. The molecule has 0 atom stereocenters. The zero-order valence-electron chi connectivity index (χ0n) is 12.2. The summed E-state index contributed by atoms with van der Waals surface area (Å²) in [6.07, 6.45) is 0. The molecule has 2 nitrogen and oxygen atoms in total. The van der Waals surface area contributed by atoms with Crippen molar-refractivity contribution in [2.45, 2.75) is 13.2 Å². The third-order valence-corrected chi connectivity index (χ3v) is 3.57. The molecular formula is C19H19NO. The van der Waals surface area contributed by atoms with Crippen molar-refractivity contribution in [1.82, 2.24) is 0 Å². The number of hydrogen-bond donors (Lipinski definition) is 1. The highest BCUT2D eigenvalue weighted by atomic mass is 16.5. The van der Waals surface area contributed by atoms with Crippen LogP contribution in [0, 0.1) is 0 Å². The van der Waals surface area contributed by atoms with E-state index < -0.39 is 0 Å². The van der Waals surface area contributed by atoms with Gasteiger partial charge in [-0.1, -0.05) is 60.7 Å². The molecule has 21 heavy (non-hydrogen) atoms. The smallest absolute Gasteiger partial charge is 0.0713 e. The van der Waals surface area contributed by atoms with Gasteiger partial charge in [0.25, 0.3) is 0 Å². The van der Waals surface area contributed by atoms with E-state index in [1.165, 1.54) is 27.6 Å². The van der Waals surface area contributed by atoms with Gasteiger partial charge < -0.3 is 10.1 Å². The first kappa shape index (κ1) is 13.7. The number of methoxy groups -OCH3 is 1. The van der Waals surface area contributed by atoms with E-state index in [0.29, 0.717) is 6.61 Å². The zero-order valence-corrected chi connectivity index (χ0v) is 12.2. The van der Waals surface area contributed by atoms with Crippen molar-refractivity contribution in [2.75, 3.05) is 12.4 Å². The zero-order chi connectivity index (χ0) is 14.5. The van der Waals surface area contributed by atoms with Gasteiger partial charge in [-0.15, -0.1) is 0 Å². The molecule has 0 amide bonds. The second kappa shape index (κ2) is 6.42. The summed E-state index contributed by atoms with van der Waals surface area (Å²) in [5, 5.41) is 6.05. The number of ether oxygens (including phenoxy) is 1. The summed E-state index contributed by atoms with van der Waals surface area (Å²) in [5.41, 5.74) is 3.64. The van der Waals surface area contributed by atoms with Gasteiger partial charge >= 0.3 is 0 Å². The molecular weight excluding hydrogens is 258 g/mol.